The Morgan fingerprint density at radius 1 is 1.21 bits per heavy atom. The Morgan fingerprint density at radius 2 is 1.95 bits per heavy atom. The molecule has 0 aliphatic carbocycles. The molecule has 0 saturated heterocycles. The first-order valence-corrected chi connectivity index (χ1v) is 6.39. The van der Waals surface area contributed by atoms with Crippen LogP contribution in [-0.4, -0.2) is 28.7 Å². The molecule has 0 saturated carbocycles. The summed E-state index contributed by atoms with van der Waals surface area (Å²) in [4.78, 5) is 10.7. The molecule has 4 heteroatoms. The molecule has 1 heterocycles. The van der Waals surface area contributed by atoms with Gasteiger partial charge in [-0.05, 0) is 18.9 Å². The van der Waals surface area contributed by atoms with Gasteiger partial charge in [-0.3, -0.25) is 0 Å². The largest absolute Gasteiger partial charge is 0.392 e. The molecule has 0 aliphatic rings. The SMILES string of the molecule is Cc1nc(N(C)CCc2ccccc2)ncc1CO. The lowest BCUT2D eigenvalue weighted by Gasteiger charge is -2.17. The van der Waals surface area contributed by atoms with Crippen LogP contribution < -0.4 is 4.90 Å². The topological polar surface area (TPSA) is 49.2 Å². The number of hydrogen-bond acceptors (Lipinski definition) is 4. The van der Waals surface area contributed by atoms with Crippen LogP contribution in [0, 0.1) is 6.92 Å². The molecule has 1 N–H and O–H groups in total. The molecule has 0 aliphatic heterocycles. The van der Waals surface area contributed by atoms with Gasteiger partial charge >= 0.3 is 0 Å². The van der Waals surface area contributed by atoms with Crippen molar-refractivity contribution in [3.8, 4) is 0 Å². The second kappa shape index (κ2) is 6.29. The van der Waals surface area contributed by atoms with Crippen molar-refractivity contribution in [1.82, 2.24) is 9.97 Å². The number of aromatic nitrogens is 2. The molecular weight excluding hydrogens is 238 g/mol. The zero-order valence-electron chi connectivity index (χ0n) is 11.4. The Balaban J connectivity index is 2.00. The van der Waals surface area contributed by atoms with Crippen molar-refractivity contribution in [2.45, 2.75) is 20.0 Å². The summed E-state index contributed by atoms with van der Waals surface area (Å²) in [7, 11) is 1.98. The van der Waals surface area contributed by atoms with Gasteiger partial charge in [-0.1, -0.05) is 30.3 Å². The van der Waals surface area contributed by atoms with Gasteiger partial charge in [-0.15, -0.1) is 0 Å². The van der Waals surface area contributed by atoms with Crippen LogP contribution in [0.4, 0.5) is 5.95 Å². The molecule has 0 spiro atoms. The molecule has 100 valence electrons. The monoisotopic (exact) mass is 257 g/mol. The van der Waals surface area contributed by atoms with Gasteiger partial charge in [0.25, 0.3) is 0 Å². The van der Waals surface area contributed by atoms with Crippen molar-refractivity contribution < 1.29 is 5.11 Å². The summed E-state index contributed by atoms with van der Waals surface area (Å²) in [5, 5.41) is 9.11. The van der Waals surface area contributed by atoms with Crippen molar-refractivity contribution in [3.63, 3.8) is 0 Å². The molecule has 0 fully saturated rings. The smallest absolute Gasteiger partial charge is 0.225 e. The number of anilines is 1. The quantitative estimate of drug-likeness (QED) is 0.889. The van der Waals surface area contributed by atoms with Crippen LogP contribution in [0.25, 0.3) is 0 Å². The zero-order valence-corrected chi connectivity index (χ0v) is 11.4. The van der Waals surface area contributed by atoms with Gasteiger partial charge in [-0.25, -0.2) is 9.97 Å². The summed E-state index contributed by atoms with van der Waals surface area (Å²) in [6, 6.07) is 10.4. The number of aryl methyl sites for hydroxylation is 1. The van der Waals surface area contributed by atoms with Crippen molar-refractivity contribution >= 4 is 5.95 Å². The first-order chi connectivity index (χ1) is 9.20. The van der Waals surface area contributed by atoms with E-state index >= 15 is 0 Å². The summed E-state index contributed by atoms with van der Waals surface area (Å²) in [6.45, 7) is 2.74. The van der Waals surface area contributed by atoms with Gasteiger partial charge in [0, 0.05) is 31.0 Å². The molecule has 0 unspecified atom stereocenters. The van der Waals surface area contributed by atoms with Gasteiger partial charge in [0.1, 0.15) is 0 Å². The number of aliphatic hydroxyl groups excluding tert-OH is 1. The average molecular weight is 257 g/mol. The lowest BCUT2D eigenvalue weighted by atomic mass is 10.1. The maximum atomic E-state index is 9.11. The number of likely N-dealkylation sites (N-methyl/N-ethyl adjacent to an activating group) is 1. The molecule has 0 bridgehead atoms. The fourth-order valence-corrected chi connectivity index (χ4v) is 1.86. The lowest BCUT2D eigenvalue weighted by molar-refractivity contribution is 0.280. The zero-order chi connectivity index (χ0) is 13.7. The normalized spacial score (nSPS) is 10.5. The molecule has 0 amide bonds. The van der Waals surface area contributed by atoms with E-state index in [0.717, 1.165) is 24.2 Å². The van der Waals surface area contributed by atoms with E-state index in [9.17, 15) is 0 Å². The third kappa shape index (κ3) is 3.51. The van der Waals surface area contributed by atoms with E-state index in [2.05, 4.69) is 22.1 Å². The average Bonchev–Trinajstić information content (AvgIpc) is 2.45. The van der Waals surface area contributed by atoms with Crippen molar-refractivity contribution in [3.05, 3.63) is 53.3 Å². The van der Waals surface area contributed by atoms with Crippen LogP contribution in [0.15, 0.2) is 36.5 Å². The van der Waals surface area contributed by atoms with Crippen LogP contribution in [0.1, 0.15) is 16.8 Å². The number of nitrogens with zero attached hydrogens (tertiary/aromatic N) is 3. The summed E-state index contributed by atoms with van der Waals surface area (Å²) in [5.74, 6) is 0.700. The second-order valence-electron chi connectivity index (χ2n) is 4.60. The van der Waals surface area contributed by atoms with E-state index in [1.165, 1.54) is 5.56 Å². The maximum absolute atomic E-state index is 9.11. The van der Waals surface area contributed by atoms with Gasteiger partial charge in [0.15, 0.2) is 0 Å². The van der Waals surface area contributed by atoms with Crippen LogP contribution >= 0.6 is 0 Å². The number of hydrogen-bond donors (Lipinski definition) is 1. The molecule has 1 aromatic carbocycles. The fourth-order valence-electron chi connectivity index (χ4n) is 1.86. The summed E-state index contributed by atoms with van der Waals surface area (Å²) >= 11 is 0. The van der Waals surface area contributed by atoms with Crippen LogP contribution in [-0.2, 0) is 13.0 Å². The van der Waals surface area contributed by atoms with E-state index < -0.39 is 0 Å². The molecule has 1 aromatic heterocycles. The minimum absolute atomic E-state index is 0.0140. The highest BCUT2D eigenvalue weighted by molar-refractivity contribution is 5.32. The molecule has 2 rings (SSSR count). The molecule has 4 nitrogen and oxygen atoms in total. The fraction of sp³-hybridized carbons (Fsp3) is 0.333. The Hall–Kier alpha value is -1.94. The van der Waals surface area contributed by atoms with Crippen molar-refractivity contribution in [1.29, 1.82) is 0 Å². The highest BCUT2D eigenvalue weighted by Crippen LogP contribution is 2.11. The Labute approximate surface area is 113 Å². The minimum Gasteiger partial charge on any atom is -0.392 e. The van der Waals surface area contributed by atoms with Crippen molar-refractivity contribution in [2.75, 3.05) is 18.5 Å². The van der Waals surface area contributed by atoms with Gasteiger partial charge in [0.2, 0.25) is 5.95 Å². The summed E-state index contributed by atoms with van der Waals surface area (Å²) < 4.78 is 0. The first-order valence-electron chi connectivity index (χ1n) is 6.39. The maximum Gasteiger partial charge on any atom is 0.225 e. The predicted octanol–water partition coefficient (Wildman–Crippen LogP) is 1.96. The molecule has 19 heavy (non-hydrogen) atoms. The van der Waals surface area contributed by atoms with E-state index in [1.807, 2.05) is 37.1 Å². The standard InChI is InChI=1S/C15H19N3O/c1-12-14(11-19)10-16-15(17-12)18(2)9-8-13-6-4-3-5-7-13/h3-7,10,19H,8-9,11H2,1-2H3. The van der Waals surface area contributed by atoms with Crippen LogP contribution in [0.3, 0.4) is 0 Å². The summed E-state index contributed by atoms with van der Waals surface area (Å²) in [5.41, 5.74) is 2.91. The molecule has 0 atom stereocenters. The predicted molar refractivity (Wildman–Crippen MR) is 76.1 cm³/mol. The van der Waals surface area contributed by atoms with E-state index in [-0.39, 0.29) is 6.61 Å². The van der Waals surface area contributed by atoms with Crippen molar-refractivity contribution in [2.24, 2.45) is 0 Å². The molecule has 2 aromatic rings. The third-order valence-electron chi connectivity index (χ3n) is 3.16. The Morgan fingerprint density at radius 3 is 2.58 bits per heavy atom. The number of aliphatic hydroxyl groups is 1. The van der Waals surface area contributed by atoms with Crippen LogP contribution in [0.2, 0.25) is 0 Å². The highest BCUT2D eigenvalue weighted by atomic mass is 16.3. The van der Waals surface area contributed by atoms with Crippen LogP contribution in [0.5, 0.6) is 0 Å². The Bertz CT molecular complexity index is 528. The molecule has 0 radical (unpaired) electrons. The van der Waals surface area contributed by atoms with Gasteiger partial charge in [0.05, 0.1) is 6.61 Å². The highest BCUT2D eigenvalue weighted by Gasteiger charge is 2.07. The number of rotatable bonds is 5. The van der Waals surface area contributed by atoms with E-state index in [0.29, 0.717) is 5.95 Å². The lowest BCUT2D eigenvalue weighted by Crippen LogP contribution is -2.23. The third-order valence-corrected chi connectivity index (χ3v) is 3.16. The van der Waals surface area contributed by atoms with Gasteiger partial charge in [-0.2, -0.15) is 0 Å². The van der Waals surface area contributed by atoms with E-state index in [4.69, 9.17) is 5.11 Å². The number of benzene rings is 1. The molecular formula is C15H19N3O. The Kier molecular flexibility index (Phi) is 4.47. The first kappa shape index (κ1) is 13.5. The summed E-state index contributed by atoms with van der Waals surface area (Å²) in [6.07, 6.45) is 2.65. The second-order valence-corrected chi connectivity index (χ2v) is 4.60. The van der Waals surface area contributed by atoms with E-state index in [1.54, 1.807) is 6.20 Å². The minimum atomic E-state index is -0.0140. The van der Waals surface area contributed by atoms with Gasteiger partial charge < -0.3 is 10.0 Å².